The first-order chi connectivity index (χ1) is 8.26. The molecule has 0 aliphatic carbocycles. The third-order valence-corrected chi connectivity index (χ3v) is 2.25. The first-order valence-electron chi connectivity index (χ1n) is 6.16. The van der Waals surface area contributed by atoms with Crippen molar-refractivity contribution in [1.82, 2.24) is 5.32 Å². The van der Waals surface area contributed by atoms with Gasteiger partial charge in [0.05, 0.1) is 5.92 Å². The van der Waals surface area contributed by atoms with E-state index < -0.39 is 23.6 Å². The molecule has 0 aliphatic heterocycles. The maximum Gasteiger partial charge on any atom is 0.407 e. The molecule has 6 nitrogen and oxygen atoms in total. The van der Waals surface area contributed by atoms with Gasteiger partial charge >= 0.3 is 12.1 Å². The van der Waals surface area contributed by atoms with Gasteiger partial charge in [-0.3, -0.25) is 4.79 Å². The van der Waals surface area contributed by atoms with Crippen LogP contribution in [0.3, 0.4) is 0 Å². The van der Waals surface area contributed by atoms with Crippen LogP contribution in [0.25, 0.3) is 0 Å². The average Bonchev–Trinajstić information content (AvgIpc) is 2.20. The summed E-state index contributed by atoms with van der Waals surface area (Å²) < 4.78 is 5.03. The number of nitrogens with two attached hydrogens (primary N) is 1. The number of nitrogens with one attached hydrogen (secondary N) is 1. The van der Waals surface area contributed by atoms with Crippen molar-refractivity contribution in [2.75, 3.05) is 13.1 Å². The number of amides is 1. The van der Waals surface area contributed by atoms with E-state index in [1.807, 2.05) is 0 Å². The second-order valence-corrected chi connectivity index (χ2v) is 5.20. The fourth-order valence-electron chi connectivity index (χ4n) is 1.37. The normalized spacial score (nSPS) is 12.9. The zero-order valence-corrected chi connectivity index (χ0v) is 11.4. The molecule has 0 rings (SSSR count). The third kappa shape index (κ3) is 8.81. The molecule has 4 N–H and O–H groups in total. The molecule has 106 valence electrons. The van der Waals surface area contributed by atoms with Crippen molar-refractivity contribution in [2.24, 2.45) is 11.7 Å². The summed E-state index contributed by atoms with van der Waals surface area (Å²) in [5, 5.41) is 11.5. The van der Waals surface area contributed by atoms with E-state index >= 15 is 0 Å². The molecule has 0 radical (unpaired) electrons. The van der Waals surface area contributed by atoms with Crippen LogP contribution in [0, 0.1) is 5.92 Å². The molecule has 0 aromatic rings. The molecule has 18 heavy (non-hydrogen) atoms. The second kappa shape index (κ2) is 7.92. The molecule has 0 fully saturated rings. The number of carbonyl (C=O) groups excluding carboxylic acids is 1. The molecule has 0 aromatic heterocycles. The summed E-state index contributed by atoms with van der Waals surface area (Å²) in [6, 6.07) is 0. The molecule has 0 aromatic carbocycles. The van der Waals surface area contributed by atoms with Gasteiger partial charge in [0.2, 0.25) is 0 Å². The van der Waals surface area contributed by atoms with Gasteiger partial charge in [-0.25, -0.2) is 4.79 Å². The number of hydrogen-bond donors (Lipinski definition) is 3. The standard InChI is InChI=1S/C12H24N2O4/c1-12(2,3)18-11(17)14-8-9(10(15)16)6-4-5-7-13/h9H,4-8,13H2,1-3H3,(H,14,17)(H,15,16)/t9-/m1/s1. The van der Waals surface area contributed by atoms with Crippen LogP contribution in [0.5, 0.6) is 0 Å². The smallest absolute Gasteiger partial charge is 0.407 e. The number of aliphatic carboxylic acids is 1. The predicted octanol–water partition coefficient (Wildman–Crippen LogP) is 1.34. The van der Waals surface area contributed by atoms with E-state index in [0.717, 1.165) is 12.8 Å². The van der Waals surface area contributed by atoms with Gasteiger partial charge in [-0.2, -0.15) is 0 Å². The van der Waals surface area contributed by atoms with Crippen molar-refractivity contribution >= 4 is 12.1 Å². The summed E-state index contributed by atoms with van der Waals surface area (Å²) in [6.45, 7) is 5.88. The number of ether oxygens (including phenoxy) is 1. The number of carbonyl (C=O) groups is 2. The minimum absolute atomic E-state index is 0.0782. The van der Waals surface area contributed by atoms with Crippen LogP contribution in [-0.2, 0) is 9.53 Å². The van der Waals surface area contributed by atoms with E-state index in [0.29, 0.717) is 13.0 Å². The monoisotopic (exact) mass is 260 g/mol. The van der Waals surface area contributed by atoms with Gasteiger partial charge in [0, 0.05) is 6.54 Å². The van der Waals surface area contributed by atoms with Crippen LogP contribution in [0.2, 0.25) is 0 Å². The van der Waals surface area contributed by atoms with Crippen molar-refractivity contribution in [2.45, 2.75) is 45.6 Å². The fourth-order valence-corrected chi connectivity index (χ4v) is 1.37. The van der Waals surface area contributed by atoms with E-state index in [1.165, 1.54) is 0 Å². The Kier molecular flexibility index (Phi) is 7.35. The Labute approximate surface area is 108 Å². The van der Waals surface area contributed by atoms with E-state index in [4.69, 9.17) is 15.6 Å². The fraction of sp³-hybridized carbons (Fsp3) is 0.833. The van der Waals surface area contributed by atoms with Crippen molar-refractivity contribution in [1.29, 1.82) is 0 Å². The highest BCUT2D eigenvalue weighted by Crippen LogP contribution is 2.09. The molecule has 0 bridgehead atoms. The van der Waals surface area contributed by atoms with Crippen LogP contribution >= 0.6 is 0 Å². The lowest BCUT2D eigenvalue weighted by atomic mass is 10.0. The van der Waals surface area contributed by atoms with Gasteiger partial charge in [0.15, 0.2) is 0 Å². The van der Waals surface area contributed by atoms with Crippen LogP contribution in [0.15, 0.2) is 0 Å². The van der Waals surface area contributed by atoms with Gasteiger partial charge in [-0.05, 0) is 40.2 Å². The first kappa shape index (κ1) is 16.7. The Morgan fingerprint density at radius 2 is 1.94 bits per heavy atom. The zero-order chi connectivity index (χ0) is 14.2. The number of hydrogen-bond acceptors (Lipinski definition) is 4. The van der Waals surface area contributed by atoms with Crippen LogP contribution in [-0.4, -0.2) is 35.9 Å². The Morgan fingerprint density at radius 1 is 1.33 bits per heavy atom. The second-order valence-electron chi connectivity index (χ2n) is 5.20. The summed E-state index contributed by atoms with van der Waals surface area (Å²) in [7, 11) is 0. The molecular weight excluding hydrogens is 236 g/mol. The lowest BCUT2D eigenvalue weighted by molar-refractivity contribution is -0.141. The van der Waals surface area contributed by atoms with E-state index in [9.17, 15) is 9.59 Å². The Hall–Kier alpha value is -1.30. The molecule has 0 saturated heterocycles. The number of carboxylic acid groups (broad SMARTS) is 1. The van der Waals surface area contributed by atoms with E-state index in [2.05, 4.69) is 5.32 Å². The summed E-state index contributed by atoms with van der Waals surface area (Å²) in [4.78, 5) is 22.3. The molecule has 0 spiro atoms. The van der Waals surface area contributed by atoms with Crippen LogP contribution in [0.1, 0.15) is 40.0 Å². The van der Waals surface area contributed by atoms with Gasteiger partial charge in [-0.15, -0.1) is 0 Å². The highest BCUT2D eigenvalue weighted by molar-refractivity contribution is 5.72. The highest BCUT2D eigenvalue weighted by atomic mass is 16.6. The maximum atomic E-state index is 11.4. The molecular formula is C12H24N2O4. The number of carboxylic acids is 1. The van der Waals surface area contributed by atoms with Gasteiger partial charge in [0.1, 0.15) is 5.60 Å². The minimum Gasteiger partial charge on any atom is -0.481 e. The first-order valence-corrected chi connectivity index (χ1v) is 6.16. The Morgan fingerprint density at radius 3 is 2.39 bits per heavy atom. The van der Waals surface area contributed by atoms with Gasteiger partial charge in [-0.1, -0.05) is 6.42 Å². The van der Waals surface area contributed by atoms with E-state index in [1.54, 1.807) is 20.8 Å². The number of unbranched alkanes of at least 4 members (excludes halogenated alkanes) is 1. The SMILES string of the molecule is CC(C)(C)OC(=O)NC[C@@H](CCCCN)C(=O)O. The summed E-state index contributed by atoms with van der Waals surface area (Å²) in [6.07, 6.45) is 1.44. The van der Waals surface area contributed by atoms with Crippen LogP contribution < -0.4 is 11.1 Å². The summed E-state index contributed by atoms with van der Waals surface area (Å²) >= 11 is 0. The summed E-state index contributed by atoms with van der Waals surface area (Å²) in [5.74, 6) is -1.51. The number of rotatable bonds is 7. The summed E-state index contributed by atoms with van der Waals surface area (Å²) in [5.41, 5.74) is 4.76. The topological polar surface area (TPSA) is 102 Å². The lowest BCUT2D eigenvalue weighted by Crippen LogP contribution is -2.37. The third-order valence-electron chi connectivity index (χ3n) is 2.25. The Balaban J connectivity index is 4.03. The molecule has 0 unspecified atom stereocenters. The minimum atomic E-state index is -0.914. The molecule has 1 atom stereocenters. The molecule has 0 heterocycles. The highest BCUT2D eigenvalue weighted by Gasteiger charge is 2.20. The van der Waals surface area contributed by atoms with Crippen molar-refractivity contribution in [3.63, 3.8) is 0 Å². The molecule has 0 aliphatic rings. The van der Waals surface area contributed by atoms with Gasteiger partial charge in [0.25, 0.3) is 0 Å². The maximum absolute atomic E-state index is 11.4. The van der Waals surface area contributed by atoms with Crippen LogP contribution in [0.4, 0.5) is 4.79 Å². The largest absolute Gasteiger partial charge is 0.481 e. The lowest BCUT2D eigenvalue weighted by Gasteiger charge is -2.20. The zero-order valence-electron chi connectivity index (χ0n) is 11.4. The predicted molar refractivity (Wildman–Crippen MR) is 68.3 cm³/mol. The van der Waals surface area contributed by atoms with Gasteiger partial charge < -0.3 is 20.9 Å². The molecule has 0 saturated carbocycles. The van der Waals surface area contributed by atoms with Crippen molar-refractivity contribution < 1.29 is 19.4 Å². The Bertz CT molecular complexity index is 274. The molecule has 1 amide bonds. The quantitative estimate of drug-likeness (QED) is 0.599. The van der Waals surface area contributed by atoms with Crippen molar-refractivity contribution in [3.05, 3.63) is 0 Å². The average molecular weight is 260 g/mol. The van der Waals surface area contributed by atoms with E-state index in [-0.39, 0.29) is 6.54 Å². The number of alkyl carbamates (subject to hydrolysis) is 1. The van der Waals surface area contributed by atoms with Crippen molar-refractivity contribution in [3.8, 4) is 0 Å². The molecule has 6 heteroatoms.